The molecule has 1 aromatic carbocycles. The Morgan fingerprint density at radius 1 is 1.23 bits per heavy atom. The molecule has 8 nitrogen and oxygen atoms in total. The van der Waals surface area contributed by atoms with Crippen molar-refractivity contribution in [2.24, 2.45) is 0 Å². The molecule has 0 unspecified atom stereocenters. The van der Waals surface area contributed by atoms with Crippen LogP contribution in [0.15, 0.2) is 29.2 Å². The molecule has 188 valence electrons. The Morgan fingerprint density at radius 3 is 2.60 bits per heavy atom. The maximum absolute atomic E-state index is 13.9. The van der Waals surface area contributed by atoms with Crippen molar-refractivity contribution in [2.75, 3.05) is 11.6 Å². The van der Waals surface area contributed by atoms with Gasteiger partial charge in [0.15, 0.2) is 11.4 Å². The van der Waals surface area contributed by atoms with Gasteiger partial charge in [-0.25, -0.2) is 8.78 Å². The van der Waals surface area contributed by atoms with Gasteiger partial charge in [0, 0.05) is 30.9 Å². The van der Waals surface area contributed by atoms with E-state index in [1.54, 1.807) is 0 Å². The number of amides is 2. The highest BCUT2D eigenvalue weighted by Gasteiger charge is 2.50. The summed E-state index contributed by atoms with van der Waals surface area (Å²) >= 11 is 0. The Kier molecular flexibility index (Phi) is 6.20. The molecule has 13 heteroatoms. The number of hydrogen-bond acceptors (Lipinski definition) is 5. The van der Waals surface area contributed by atoms with Gasteiger partial charge in [0.2, 0.25) is 5.43 Å². The van der Waals surface area contributed by atoms with Crippen molar-refractivity contribution < 1.29 is 36.6 Å². The standard InChI is InChI=1S/C22H21F5N4O4/c1-11(22(25,26)27)31-16-4-2-3-7-29(16)30-10-14(18(32)19(33)17(30)21(31)35)20(34)28-9-12-5-6-13(23)8-15(12)24/h5-6,8,10-11,16,33H,2-4,7,9H2,1H3,(H,28,34)/t11-,16+/m0/s1. The molecule has 0 spiro atoms. The molecule has 0 aliphatic carbocycles. The minimum Gasteiger partial charge on any atom is -0.502 e. The zero-order chi connectivity index (χ0) is 25.7. The summed E-state index contributed by atoms with van der Waals surface area (Å²) in [6.07, 6.45) is -3.44. The lowest BCUT2D eigenvalue weighted by Crippen LogP contribution is -2.66. The number of carbonyl (C=O) groups is 2. The van der Waals surface area contributed by atoms with E-state index in [1.807, 2.05) is 0 Å². The van der Waals surface area contributed by atoms with E-state index in [0.29, 0.717) is 23.8 Å². The Labute approximate surface area is 195 Å². The van der Waals surface area contributed by atoms with Gasteiger partial charge in [-0.15, -0.1) is 0 Å². The maximum Gasteiger partial charge on any atom is 0.408 e. The molecular weight excluding hydrogens is 479 g/mol. The van der Waals surface area contributed by atoms with Gasteiger partial charge in [-0.05, 0) is 32.3 Å². The third-order valence-electron chi connectivity index (χ3n) is 6.23. The second kappa shape index (κ2) is 8.86. The number of carbonyl (C=O) groups excluding carboxylic acids is 2. The number of hydrogen-bond donors (Lipinski definition) is 2. The van der Waals surface area contributed by atoms with Gasteiger partial charge in [-0.2, -0.15) is 13.2 Å². The van der Waals surface area contributed by atoms with Crippen LogP contribution in [0.5, 0.6) is 5.75 Å². The van der Waals surface area contributed by atoms with Gasteiger partial charge in [0.1, 0.15) is 29.4 Å². The first-order chi connectivity index (χ1) is 16.4. The molecule has 2 aromatic rings. The first kappa shape index (κ1) is 24.5. The number of fused-ring (bicyclic) bond motifs is 3. The van der Waals surface area contributed by atoms with Crippen LogP contribution in [0.1, 0.15) is 52.6 Å². The Bertz CT molecular complexity index is 1250. The Morgan fingerprint density at radius 2 is 1.94 bits per heavy atom. The summed E-state index contributed by atoms with van der Waals surface area (Å²) in [6, 6.07) is 0.532. The zero-order valence-electron chi connectivity index (χ0n) is 18.4. The summed E-state index contributed by atoms with van der Waals surface area (Å²) in [5.41, 5.74) is -2.60. The fourth-order valence-electron chi connectivity index (χ4n) is 4.37. The van der Waals surface area contributed by atoms with Crippen molar-refractivity contribution in [1.82, 2.24) is 14.9 Å². The molecule has 2 aliphatic rings. The lowest BCUT2D eigenvalue weighted by atomic mass is 10.0. The third kappa shape index (κ3) is 4.30. The van der Waals surface area contributed by atoms with E-state index < -0.39 is 70.8 Å². The number of nitrogens with zero attached hydrogens (tertiary/aromatic N) is 3. The summed E-state index contributed by atoms with van der Waals surface area (Å²) in [5, 5.41) is 14.2. The largest absolute Gasteiger partial charge is 0.502 e. The zero-order valence-corrected chi connectivity index (χ0v) is 18.4. The number of aromatic hydroxyl groups is 1. The van der Waals surface area contributed by atoms with Crippen LogP contribution in [0, 0.1) is 11.6 Å². The van der Waals surface area contributed by atoms with Crippen LogP contribution in [-0.4, -0.2) is 51.4 Å². The van der Waals surface area contributed by atoms with Crippen LogP contribution >= 0.6 is 0 Å². The van der Waals surface area contributed by atoms with Crippen molar-refractivity contribution in [3.8, 4) is 5.75 Å². The Hall–Kier alpha value is -3.64. The van der Waals surface area contributed by atoms with E-state index in [1.165, 1.54) is 5.01 Å². The summed E-state index contributed by atoms with van der Waals surface area (Å²) < 4.78 is 68.6. The predicted octanol–water partition coefficient (Wildman–Crippen LogP) is 2.62. The number of benzene rings is 1. The highest BCUT2D eigenvalue weighted by molar-refractivity contribution is 5.99. The number of alkyl halides is 3. The quantitative estimate of drug-likeness (QED) is 0.630. The molecule has 1 saturated heterocycles. The lowest BCUT2D eigenvalue weighted by molar-refractivity contribution is -0.179. The average Bonchev–Trinajstić information content (AvgIpc) is 2.79. The van der Waals surface area contributed by atoms with Gasteiger partial charge in [0.05, 0.1) is 0 Å². The van der Waals surface area contributed by atoms with Gasteiger partial charge in [-0.1, -0.05) is 6.07 Å². The van der Waals surface area contributed by atoms with Crippen LogP contribution in [0.25, 0.3) is 0 Å². The highest BCUT2D eigenvalue weighted by Crippen LogP contribution is 2.35. The monoisotopic (exact) mass is 500 g/mol. The molecule has 1 fully saturated rings. The van der Waals surface area contributed by atoms with Crippen LogP contribution in [-0.2, 0) is 6.54 Å². The Balaban J connectivity index is 1.72. The molecule has 3 heterocycles. The van der Waals surface area contributed by atoms with E-state index in [2.05, 4.69) is 5.32 Å². The molecule has 2 amide bonds. The van der Waals surface area contributed by atoms with Crippen molar-refractivity contribution in [1.29, 1.82) is 0 Å². The molecule has 2 aliphatic heterocycles. The smallest absolute Gasteiger partial charge is 0.408 e. The highest BCUT2D eigenvalue weighted by atomic mass is 19.4. The minimum atomic E-state index is -4.74. The second-order valence-corrected chi connectivity index (χ2v) is 8.40. The van der Waals surface area contributed by atoms with E-state index in [9.17, 15) is 41.4 Å². The SMILES string of the molecule is C[C@H](N1C(=O)c2c(O)c(=O)c(C(=O)NCc3ccc(F)cc3F)cn2N2CCCC[C@@H]12)C(F)(F)F. The van der Waals surface area contributed by atoms with Gasteiger partial charge < -0.3 is 15.3 Å². The molecule has 35 heavy (non-hydrogen) atoms. The van der Waals surface area contributed by atoms with Crippen molar-refractivity contribution in [3.63, 3.8) is 0 Å². The summed E-state index contributed by atoms with van der Waals surface area (Å²) in [6.45, 7) is 0.622. The van der Waals surface area contributed by atoms with E-state index in [4.69, 9.17) is 0 Å². The minimum absolute atomic E-state index is 0.0647. The third-order valence-corrected chi connectivity index (χ3v) is 6.23. The fourth-order valence-corrected chi connectivity index (χ4v) is 4.37. The normalized spacial score (nSPS) is 18.7. The molecule has 2 atom stereocenters. The molecule has 1 aromatic heterocycles. The van der Waals surface area contributed by atoms with Gasteiger partial charge >= 0.3 is 6.18 Å². The number of aromatic nitrogens is 1. The van der Waals surface area contributed by atoms with E-state index in [-0.39, 0.29) is 18.5 Å². The lowest BCUT2D eigenvalue weighted by Gasteiger charge is -2.50. The fraction of sp³-hybridized carbons (Fsp3) is 0.409. The summed E-state index contributed by atoms with van der Waals surface area (Å²) in [7, 11) is 0. The van der Waals surface area contributed by atoms with Gasteiger partial charge in [0.25, 0.3) is 11.8 Å². The van der Waals surface area contributed by atoms with E-state index in [0.717, 1.165) is 29.9 Å². The molecular formula is C22H21F5N4O4. The van der Waals surface area contributed by atoms with Crippen LogP contribution in [0.4, 0.5) is 22.0 Å². The average molecular weight is 500 g/mol. The maximum atomic E-state index is 13.9. The number of pyridine rings is 1. The molecule has 0 saturated carbocycles. The van der Waals surface area contributed by atoms with Crippen molar-refractivity contribution in [2.45, 2.75) is 51.1 Å². The van der Waals surface area contributed by atoms with Crippen LogP contribution < -0.4 is 15.8 Å². The van der Waals surface area contributed by atoms with Crippen LogP contribution in [0.2, 0.25) is 0 Å². The number of nitrogens with one attached hydrogen (secondary N) is 1. The first-order valence-electron chi connectivity index (χ1n) is 10.8. The predicted molar refractivity (Wildman–Crippen MR) is 112 cm³/mol. The topological polar surface area (TPSA) is 94.9 Å². The number of piperidine rings is 1. The molecule has 2 N–H and O–H groups in total. The number of rotatable bonds is 4. The second-order valence-electron chi connectivity index (χ2n) is 8.40. The number of halogens is 5. The van der Waals surface area contributed by atoms with Gasteiger partial charge in [-0.3, -0.25) is 24.1 Å². The van der Waals surface area contributed by atoms with Crippen molar-refractivity contribution >= 4 is 11.8 Å². The van der Waals surface area contributed by atoms with Crippen LogP contribution in [0.3, 0.4) is 0 Å². The molecule has 4 rings (SSSR count). The van der Waals surface area contributed by atoms with E-state index >= 15 is 0 Å². The summed E-state index contributed by atoms with van der Waals surface area (Å²) in [4.78, 5) is 39.1. The molecule has 0 radical (unpaired) electrons. The van der Waals surface area contributed by atoms with Crippen molar-refractivity contribution in [3.05, 3.63) is 63.1 Å². The first-order valence-corrected chi connectivity index (χ1v) is 10.8. The summed E-state index contributed by atoms with van der Waals surface area (Å²) in [5.74, 6) is -5.11. The molecule has 0 bridgehead atoms.